The van der Waals surface area contributed by atoms with Gasteiger partial charge in [0.25, 0.3) is 0 Å². The lowest BCUT2D eigenvalue weighted by Gasteiger charge is -2.20. The van der Waals surface area contributed by atoms with Gasteiger partial charge in [0.15, 0.2) is 11.9 Å². The predicted octanol–water partition coefficient (Wildman–Crippen LogP) is 7.01. The van der Waals surface area contributed by atoms with Gasteiger partial charge in [0.05, 0.1) is 5.56 Å². The lowest BCUT2D eigenvalue weighted by molar-refractivity contribution is -0.137. The number of rotatable bonds is 9. The highest BCUT2D eigenvalue weighted by Gasteiger charge is 2.36. The van der Waals surface area contributed by atoms with Crippen molar-refractivity contribution in [3.05, 3.63) is 88.8 Å². The molecule has 0 saturated carbocycles. The molecule has 0 aromatic heterocycles. The summed E-state index contributed by atoms with van der Waals surface area (Å²) in [5.41, 5.74) is -2.66. The topological polar surface area (TPSA) is 50.7 Å². The van der Waals surface area contributed by atoms with E-state index in [2.05, 4.69) is 16.9 Å². The monoisotopic (exact) mass is 512 g/mol. The van der Waals surface area contributed by atoms with E-state index in [0.717, 1.165) is 29.8 Å². The second-order valence-electron chi connectivity index (χ2n) is 8.54. The summed E-state index contributed by atoms with van der Waals surface area (Å²) in [5, 5.41) is 2.82. The Balaban J connectivity index is 2.20. The maximum absolute atomic E-state index is 13.8. The zero-order valence-corrected chi connectivity index (χ0v) is 20.1. The number of nitrogens with one attached hydrogen (secondary N) is 1. The molecule has 36 heavy (non-hydrogen) atoms. The molecule has 0 bridgehead atoms. The SMILES string of the molecule is C=C(NCc1ccc(OC(C)(C)C=O)cc1)/C(C)=C(/N=C(C)c1ccc(C(F)(F)F)cc1)C(F)(F)F. The lowest BCUT2D eigenvalue weighted by atomic mass is 10.1. The van der Waals surface area contributed by atoms with Gasteiger partial charge in [-0.1, -0.05) is 30.8 Å². The van der Waals surface area contributed by atoms with Crippen molar-refractivity contribution in [3.63, 3.8) is 0 Å². The molecule has 0 amide bonds. The fourth-order valence-corrected chi connectivity index (χ4v) is 2.98. The number of hydrogen-bond acceptors (Lipinski definition) is 4. The van der Waals surface area contributed by atoms with E-state index >= 15 is 0 Å². The summed E-state index contributed by atoms with van der Waals surface area (Å²) in [6, 6.07) is 10.4. The number of carbonyl (C=O) groups excluding carboxylic acids is 1. The number of benzene rings is 2. The van der Waals surface area contributed by atoms with Crippen LogP contribution in [0.4, 0.5) is 26.3 Å². The molecule has 10 heteroatoms. The van der Waals surface area contributed by atoms with Crippen LogP contribution < -0.4 is 10.1 Å². The number of aldehydes is 1. The van der Waals surface area contributed by atoms with Gasteiger partial charge in [-0.25, -0.2) is 4.99 Å². The molecule has 1 N–H and O–H groups in total. The Hall–Kier alpha value is -3.56. The fourth-order valence-electron chi connectivity index (χ4n) is 2.98. The van der Waals surface area contributed by atoms with Crippen molar-refractivity contribution < 1.29 is 35.9 Å². The summed E-state index contributed by atoms with van der Waals surface area (Å²) in [4.78, 5) is 14.7. The van der Waals surface area contributed by atoms with Crippen LogP contribution in [0.5, 0.6) is 5.75 Å². The van der Waals surface area contributed by atoms with Crippen LogP contribution in [0.3, 0.4) is 0 Å². The zero-order valence-electron chi connectivity index (χ0n) is 20.1. The van der Waals surface area contributed by atoms with Crippen molar-refractivity contribution in [1.29, 1.82) is 0 Å². The minimum absolute atomic E-state index is 0.0197. The van der Waals surface area contributed by atoms with Crippen LogP contribution >= 0.6 is 0 Å². The third-order valence-corrected chi connectivity index (χ3v) is 5.08. The third kappa shape index (κ3) is 8.00. The summed E-state index contributed by atoms with van der Waals surface area (Å²) in [5.74, 6) is 0.457. The van der Waals surface area contributed by atoms with Gasteiger partial charge in [-0.3, -0.25) is 4.79 Å². The summed E-state index contributed by atoms with van der Waals surface area (Å²) < 4.78 is 85.1. The van der Waals surface area contributed by atoms with E-state index in [9.17, 15) is 31.1 Å². The highest BCUT2D eigenvalue weighted by Crippen LogP contribution is 2.33. The summed E-state index contributed by atoms with van der Waals surface area (Å²) in [6.45, 7) is 9.53. The maximum Gasteiger partial charge on any atom is 0.433 e. The van der Waals surface area contributed by atoms with Crippen molar-refractivity contribution in [2.45, 2.75) is 52.2 Å². The number of carbonyl (C=O) groups is 1. The molecule has 0 fully saturated rings. The summed E-state index contributed by atoms with van der Waals surface area (Å²) in [7, 11) is 0. The van der Waals surface area contributed by atoms with E-state index in [1.807, 2.05) is 0 Å². The number of aliphatic imine (C=N–C) groups is 1. The van der Waals surface area contributed by atoms with Crippen molar-refractivity contribution >= 4 is 12.0 Å². The fraction of sp³-hybridized carbons (Fsp3) is 0.308. The molecule has 0 atom stereocenters. The molecule has 0 saturated heterocycles. The molecular weight excluding hydrogens is 486 g/mol. The summed E-state index contributed by atoms with van der Waals surface area (Å²) >= 11 is 0. The molecule has 0 spiro atoms. The van der Waals surface area contributed by atoms with Gasteiger partial charge in [0, 0.05) is 23.5 Å². The number of allylic oxidation sites excluding steroid dienone is 2. The predicted molar refractivity (Wildman–Crippen MR) is 126 cm³/mol. The van der Waals surface area contributed by atoms with Crippen LogP contribution in [0.15, 0.2) is 77.1 Å². The Bertz CT molecular complexity index is 1140. The Morgan fingerprint density at radius 2 is 1.53 bits per heavy atom. The molecule has 0 unspecified atom stereocenters. The van der Waals surface area contributed by atoms with Crippen molar-refractivity contribution in [3.8, 4) is 5.75 Å². The average Bonchev–Trinajstić information content (AvgIpc) is 2.80. The number of nitrogens with zero attached hydrogens (tertiary/aromatic N) is 1. The Labute approximate surface area is 205 Å². The molecule has 0 aliphatic rings. The molecule has 0 aliphatic carbocycles. The van der Waals surface area contributed by atoms with E-state index in [1.165, 1.54) is 13.8 Å². The van der Waals surface area contributed by atoms with Crippen molar-refractivity contribution in [1.82, 2.24) is 5.32 Å². The maximum atomic E-state index is 13.8. The first-order valence-electron chi connectivity index (χ1n) is 10.7. The second kappa shape index (κ2) is 11.0. The summed E-state index contributed by atoms with van der Waals surface area (Å²) in [6.07, 6.45) is -8.71. The van der Waals surface area contributed by atoms with Gasteiger partial charge in [0.1, 0.15) is 11.4 Å². The van der Waals surface area contributed by atoms with Crippen LogP contribution in [0.2, 0.25) is 0 Å². The first-order valence-corrected chi connectivity index (χ1v) is 10.7. The van der Waals surface area contributed by atoms with E-state index in [4.69, 9.17) is 4.74 Å². The first kappa shape index (κ1) is 28.7. The molecule has 194 valence electrons. The largest absolute Gasteiger partial charge is 0.480 e. The normalized spacial score (nSPS) is 13.7. The van der Waals surface area contributed by atoms with E-state index in [1.54, 1.807) is 38.1 Å². The number of ether oxygens (including phenoxy) is 1. The van der Waals surface area contributed by atoms with E-state index in [0.29, 0.717) is 12.0 Å². The average molecular weight is 512 g/mol. The van der Waals surface area contributed by atoms with Crippen LogP contribution in [-0.2, 0) is 17.5 Å². The van der Waals surface area contributed by atoms with E-state index in [-0.39, 0.29) is 29.1 Å². The molecule has 4 nitrogen and oxygen atoms in total. The Morgan fingerprint density at radius 3 is 2.00 bits per heavy atom. The molecule has 0 radical (unpaired) electrons. The molecular formula is C26H26F6N2O2. The van der Waals surface area contributed by atoms with Crippen LogP contribution in [0.1, 0.15) is 44.4 Å². The van der Waals surface area contributed by atoms with Crippen molar-refractivity contribution in [2.24, 2.45) is 4.99 Å². The molecule has 0 heterocycles. The van der Waals surface area contributed by atoms with Gasteiger partial charge in [-0.2, -0.15) is 26.3 Å². The molecule has 0 aliphatic heterocycles. The Kier molecular flexibility index (Phi) is 8.77. The van der Waals surface area contributed by atoms with E-state index < -0.39 is 29.2 Å². The van der Waals surface area contributed by atoms with Gasteiger partial charge in [-0.15, -0.1) is 0 Å². The first-order chi connectivity index (χ1) is 16.5. The number of alkyl halides is 6. The van der Waals surface area contributed by atoms with Gasteiger partial charge in [0.2, 0.25) is 0 Å². The Morgan fingerprint density at radius 1 is 0.972 bits per heavy atom. The number of hydrogen-bond donors (Lipinski definition) is 1. The third-order valence-electron chi connectivity index (χ3n) is 5.08. The van der Waals surface area contributed by atoms with Crippen LogP contribution in [-0.4, -0.2) is 23.8 Å². The second-order valence-corrected chi connectivity index (χ2v) is 8.54. The smallest absolute Gasteiger partial charge is 0.433 e. The highest BCUT2D eigenvalue weighted by atomic mass is 19.4. The minimum Gasteiger partial charge on any atom is -0.480 e. The number of halogens is 6. The molecule has 2 aromatic carbocycles. The zero-order chi connectivity index (χ0) is 27.3. The molecule has 2 aromatic rings. The van der Waals surface area contributed by atoms with Gasteiger partial charge in [-0.05, 0) is 63.1 Å². The van der Waals surface area contributed by atoms with Gasteiger partial charge < -0.3 is 10.1 Å². The molecule has 2 rings (SSSR count). The van der Waals surface area contributed by atoms with Crippen LogP contribution in [0, 0.1) is 0 Å². The minimum atomic E-state index is -4.83. The van der Waals surface area contributed by atoms with Crippen molar-refractivity contribution in [2.75, 3.05) is 0 Å². The lowest BCUT2D eigenvalue weighted by Crippen LogP contribution is -2.29. The highest BCUT2D eigenvalue weighted by molar-refractivity contribution is 5.99. The van der Waals surface area contributed by atoms with Gasteiger partial charge >= 0.3 is 12.4 Å². The quantitative estimate of drug-likeness (QED) is 0.170. The van der Waals surface area contributed by atoms with Crippen LogP contribution in [0.25, 0.3) is 0 Å². The standard InChI is InChI=1S/C26H26F6N2O2/c1-16(17(2)33-14-19-6-12-22(13-7-19)36-24(4,5)15-35)23(26(30,31)32)34-18(3)20-8-10-21(11-9-20)25(27,28)29/h6-13,15,33H,2,14H2,1,3-5H3/b23-16+,34-18?.